The summed E-state index contributed by atoms with van der Waals surface area (Å²) in [7, 11) is 2.98. The van der Waals surface area contributed by atoms with E-state index in [0.717, 1.165) is 34.3 Å². The molecule has 0 aliphatic carbocycles. The number of rotatable bonds is 6. The number of aryl methyl sites for hydroxylation is 1. The lowest BCUT2D eigenvalue weighted by molar-refractivity contribution is -0.116. The van der Waals surface area contributed by atoms with Crippen molar-refractivity contribution in [2.75, 3.05) is 14.2 Å². The fraction of sp³-hybridized carbons (Fsp3) is 0.318. The van der Waals surface area contributed by atoms with Gasteiger partial charge in [-0.25, -0.2) is 4.98 Å². The lowest BCUT2D eigenvalue weighted by atomic mass is 9.98. The van der Waals surface area contributed by atoms with Gasteiger partial charge < -0.3 is 18.8 Å². The predicted octanol–water partition coefficient (Wildman–Crippen LogP) is 3.02. The first-order valence-electron chi connectivity index (χ1n) is 9.29. The molecular formula is C22H22N2O4. The van der Waals surface area contributed by atoms with Gasteiger partial charge in [-0.05, 0) is 24.1 Å². The summed E-state index contributed by atoms with van der Waals surface area (Å²) >= 11 is 0. The van der Waals surface area contributed by atoms with E-state index in [-0.39, 0.29) is 12.2 Å². The van der Waals surface area contributed by atoms with Crippen molar-refractivity contribution in [3.63, 3.8) is 0 Å². The molecule has 1 aliphatic rings. The smallest absolute Gasteiger partial charge is 0.257 e. The number of aldehydes is 1. The van der Waals surface area contributed by atoms with E-state index in [1.807, 2.05) is 24.3 Å². The summed E-state index contributed by atoms with van der Waals surface area (Å²) in [6.07, 6.45) is 0.728. The Labute approximate surface area is 162 Å². The maximum Gasteiger partial charge on any atom is 0.257 e. The molecule has 28 heavy (non-hydrogen) atoms. The number of para-hydroxylation sites is 1. The van der Waals surface area contributed by atoms with Crippen LogP contribution < -0.4 is 5.56 Å². The predicted molar refractivity (Wildman–Crippen MR) is 106 cm³/mol. The fourth-order valence-electron chi connectivity index (χ4n) is 4.12. The van der Waals surface area contributed by atoms with Crippen molar-refractivity contribution in [3.05, 3.63) is 62.9 Å². The molecule has 0 radical (unpaired) electrons. The Morgan fingerprint density at radius 1 is 1.25 bits per heavy atom. The molecule has 1 unspecified atom stereocenters. The molecular weight excluding hydrogens is 356 g/mol. The number of aromatic nitrogens is 2. The van der Waals surface area contributed by atoms with E-state index in [1.165, 1.54) is 19.8 Å². The van der Waals surface area contributed by atoms with Crippen molar-refractivity contribution in [2.24, 2.45) is 0 Å². The van der Waals surface area contributed by atoms with Gasteiger partial charge in [0.1, 0.15) is 6.10 Å². The van der Waals surface area contributed by atoms with Crippen LogP contribution in [0.15, 0.2) is 35.1 Å². The van der Waals surface area contributed by atoms with Gasteiger partial charge in [0.25, 0.3) is 5.56 Å². The number of methoxy groups -OCH3 is 2. The number of carbonyl (C=O) groups is 1. The van der Waals surface area contributed by atoms with Crippen molar-refractivity contribution in [2.45, 2.75) is 32.6 Å². The van der Waals surface area contributed by atoms with Crippen molar-refractivity contribution in [3.8, 4) is 11.4 Å². The van der Waals surface area contributed by atoms with Crippen LogP contribution in [0.3, 0.4) is 0 Å². The van der Waals surface area contributed by atoms with E-state index in [9.17, 15) is 9.59 Å². The van der Waals surface area contributed by atoms with Crippen LogP contribution in [0.25, 0.3) is 22.3 Å². The van der Waals surface area contributed by atoms with Gasteiger partial charge in [0.15, 0.2) is 6.29 Å². The number of nitrogens with zero attached hydrogens (tertiary/aromatic N) is 2. The van der Waals surface area contributed by atoms with Crippen molar-refractivity contribution in [1.29, 1.82) is 0 Å². The second-order valence-electron chi connectivity index (χ2n) is 6.87. The monoisotopic (exact) mass is 378 g/mol. The summed E-state index contributed by atoms with van der Waals surface area (Å²) in [5.41, 5.74) is 5.52. The second kappa shape index (κ2) is 7.30. The normalized spacial score (nSPS) is 13.4. The Kier molecular flexibility index (Phi) is 4.83. The van der Waals surface area contributed by atoms with Crippen molar-refractivity contribution < 1.29 is 14.3 Å². The Morgan fingerprint density at radius 2 is 2.04 bits per heavy atom. The van der Waals surface area contributed by atoms with E-state index in [2.05, 4.69) is 13.0 Å². The number of ether oxygens (including phenoxy) is 2. The largest absolute Gasteiger partial charge is 0.380 e. The molecule has 0 saturated carbocycles. The Morgan fingerprint density at radius 3 is 2.71 bits per heavy atom. The van der Waals surface area contributed by atoms with E-state index in [0.29, 0.717) is 24.0 Å². The van der Waals surface area contributed by atoms with Crippen LogP contribution >= 0.6 is 0 Å². The molecule has 0 amide bonds. The summed E-state index contributed by atoms with van der Waals surface area (Å²) in [5, 5.41) is 1.12. The molecule has 1 aromatic carbocycles. The topological polar surface area (TPSA) is 70.4 Å². The van der Waals surface area contributed by atoms with E-state index in [4.69, 9.17) is 14.5 Å². The molecule has 0 bridgehead atoms. The first kappa shape index (κ1) is 18.5. The maximum absolute atomic E-state index is 13.3. The number of hydrogen-bond donors (Lipinski definition) is 0. The van der Waals surface area contributed by atoms with Crippen molar-refractivity contribution in [1.82, 2.24) is 9.55 Å². The number of benzene rings is 1. The van der Waals surface area contributed by atoms with Crippen LogP contribution in [0.2, 0.25) is 0 Å². The molecule has 3 heterocycles. The molecule has 0 saturated heterocycles. The molecule has 0 N–H and O–H groups in total. The van der Waals surface area contributed by atoms with Gasteiger partial charge in [0.2, 0.25) is 0 Å². The lowest BCUT2D eigenvalue weighted by Gasteiger charge is -2.16. The molecule has 2 aromatic heterocycles. The number of pyridine rings is 2. The van der Waals surface area contributed by atoms with Crippen LogP contribution in [0, 0.1) is 0 Å². The average molecular weight is 378 g/mol. The third-order valence-corrected chi connectivity index (χ3v) is 5.43. The Bertz CT molecular complexity index is 1130. The molecule has 1 atom stereocenters. The van der Waals surface area contributed by atoms with E-state index < -0.39 is 6.10 Å². The number of hydrogen-bond acceptors (Lipinski definition) is 5. The number of carbonyl (C=O) groups excluding carboxylic acids is 1. The molecule has 144 valence electrons. The van der Waals surface area contributed by atoms with Crippen LogP contribution in [-0.2, 0) is 33.8 Å². The van der Waals surface area contributed by atoms with Gasteiger partial charge in [-0.3, -0.25) is 4.79 Å². The Hall–Kier alpha value is -2.83. The second-order valence-corrected chi connectivity index (χ2v) is 6.87. The zero-order valence-corrected chi connectivity index (χ0v) is 16.2. The zero-order chi connectivity index (χ0) is 19.8. The van der Waals surface area contributed by atoms with Gasteiger partial charge in [-0.15, -0.1) is 0 Å². The highest BCUT2D eigenvalue weighted by molar-refractivity contribution is 5.88. The third kappa shape index (κ3) is 2.68. The summed E-state index contributed by atoms with van der Waals surface area (Å²) < 4.78 is 12.3. The minimum absolute atomic E-state index is 0.120. The van der Waals surface area contributed by atoms with Crippen LogP contribution in [0.1, 0.15) is 35.3 Å². The highest BCUT2D eigenvalue weighted by Gasteiger charge is 2.29. The maximum atomic E-state index is 13.3. The molecule has 3 aromatic rings. The molecule has 6 heteroatoms. The third-order valence-electron chi connectivity index (χ3n) is 5.43. The van der Waals surface area contributed by atoms with Crippen molar-refractivity contribution >= 4 is 17.2 Å². The zero-order valence-electron chi connectivity index (χ0n) is 16.2. The summed E-state index contributed by atoms with van der Waals surface area (Å²) in [4.78, 5) is 29.6. The molecule has 1 aliphatic heterocycles. The molecule has 0 fully saturated rings. The summed E-state index contributed by atoms with van der Waals surface area (Å²) in [5.74, 6) is 0. The minimum Gasteiger partial charge on any atom is -0.380 e. The lowest BCUT2D eigenvalue weighted by Crippen LogP contribution is -2.27. The standard InChI is InChI=1S/C22H22N2O4/c1-4-13-14-7-5-6-8-18(14)23-21-16(13)10-24-19(21)9-15(20(11-25)28-3)17(12-27-2)22(24)26/h5-9,11,20H,4,10,12H2,1-3H3. The van der Waals surface area contributed by atoms with Gasteiger partial charge in [0, 0.05) is 36.3 Å². The molecule has 0 spiro atoms. The minimum atomic E-state index is -0.820. The van der Waals surface area contributed by atoms with Crippen LogP contribution in [0.5, 0.6) is 0 Å². The first-order valence-corrected chi connectivity index (χ1v) is 9.29. The first-order chi connectivity index (χ1) is 13.6. The van der Waals surface area contributed by atoms with Gasteiger partial charge in [-0.2, -0.15) is 0 Å². The summed E-state index contributed by atoms with van der Waals surface area (Å²) in [6, 6.07) is 9.88. The summed E-state index contributed by atoms with van der Waals surface area (Å²) in [6.45, 7) is 2.71. The Balaban J connectivity index is 2.03. The quantitative estimate of drug-likeness (QED) is 0.482. The average Bonchev–Trinajstić information content (AvgIpc) is 3.08. The van der Waals surface area contributed by atoms with Gasteiger partial charge >= 0.3 is 0 Å². The van der Waals surface area contributed by atoms with Crippen LogP contribution in [0.4, 0.5) is 0 Å². The highest BCUT2D eigenvalue weighted by atomic mass is 16.5. The number of fused-ring (bicyclic) bond motifs is 4. The van der Waals surface area contributed by atoms with E-state index >= 15 is 0 Å². The molecule has 6 nitrogen and oxygen atoms in total. The SMILES string of the molecule is CCc1c2c(nc3ccccc13)-c1cc(C(C=O)OC)c(COC)c(=O)n1C2. The highest BCUT2D eigenvalue weighted by Crippen LogP contribution is 2.37. The van der Waals surface area contributed by atoms with Crippen LogP contribution in [-0.4, -0.2) is 30.1 Å². The van der Waals surface area contributed by atoms with E-state index in [1.54, 1.807) is 4.57 Å². The van der Waals surface area contributed by atoms with Gasteiger partial charge in [0.05, 0.1) is 30.1 Å². The molecule has 4 rings (SSSR count). The van der Waals surface area contributed by atoms with Gasteiger partial charge in [-0.1, -0.05) is 25.1 Å². The fourth-order valence-corrected chi connectivity index (χ4v) is 4.12.